The van der Waals surface area contributed by atoms with Crippen LogP contribution in [0, 0.1) is 0 Å². The fourth-order valence-electron chi connectivity index (χ4n) is 2.27. The smallest absolute Gasteiger partial charge is 0.255 e. The highest BCUT2D eigenvalue weighted by molar-refractivity contribution is 7.92. The number of anilines is 3. The van der Waals surface area contributed by atoms with Crippen LogP contribution in [0.15, 0.2) is 48.5 Å². The predicted octanol–water partition coefficient (Wildman–Crippen LogP) is 3.16. The minimum absolute atomic E-state index is 0.0433. The van der Waals surface area contributed by atoms with E-state index in [1.807, 2.05) is 43.3 Å². The van der Waals surface area contributed by atoms with Gasteiger partial charge in [0.25, 0.3) is 5.91 Å². The summed E-state index contributed by atoms with van der Waals surface area (Å²) in [4.78, 5) is 14.3. The maximum absolute atomic E-state index is 12.4. The van der Waals surface area contributed by atoms with Gasteiger partial charge in [-0.1, -0.05) is 13.0 Å². The van der Waals surface area contributed by atoms with Gasteiger partial charge in [-0.05, 0) is 48.9 Å². The molecule has 0 atom stereocenters. The van der Waals surface area contributed by atoms with Gasteiger partial charge in [0, 0.05) is 36.7 Å². The maximum atomic E-state index is 12.4. The van der Waals surface area contributed by atoms with Crippen LogP contribution in [0.2, 0.25) is 0 Å². The third-order valence-corrected chi connectivity index (χ3v) is 5.00. The Hall–Kier alpha value is -2.54. The van der Waals surface area contributed by atoms with Gasteiger partial charge in [0.1, 0.15) is 0 Å². The van der Waals surface area contributed by atoms with Crippen molar-refractivity contribution in [2.75, 3.05) is 34.8 Å². The lowest BCUT2D eigenvalue weighted by atomic mass is 10.2. The second-order valence-electron chi connectivity index (χ2n) is 5.90. The van der Waals surface area contributed by atoms with Crippen molar-refractivity contribution >= 4 is 33.0 Å². The van der Waals surface area contributed by atoms with Crippen LogP contribution in [0.1, 0.15) is 23.7 Å². The van der Waals surface area contributed by atoms with Crippen molar-refractivity contribution in [1.29, 1.82) is 0 Å². The molecule has 2 aromatic rings. The fraction of sp³-hybridized carbons (Fsp3) is 0.278. The Morgan fingerprint density at radius 2 is 1.72 bits per heavy atom. The van der Waals surface area contributed by atoms with Crippen LogP contribution < -0.4 is 14.9 Å². The second kappa shape index (κ2) is 8.02. The Morgan fingerprint density at radius 3 is 2.32 bits per heavy atom. The summed E-state index contributed by atoms with van der Waals surface area (Å²) in [7, 11) is 0.501. The normalized spacial score (nSPS) is 11.0. The molecule has 0 aliphatic carbocycles. The van der Waals surface area contributed by atoms with Crippen molar-refractivity contribution in [3.05, 3.63) is 54.1 Å². The highest BCUT2D eigenvalue weighted by atomic mass is 32.2. The molecule has 134 valence electrons. The van der Waals surface area contributed by atoms with E-state index in [0.29, 0.717) is 23.4 Å². The van der Waals surface area contributed by atoms with Gasteiger partial charge in [-0.25, -0.2) is 8.42 Å². The largest absolute Gasteiger partial charge is 0.378 e. The average molecular weight is 361 g/mol. The Kier molecular flexibility index (Phi) is 6.03. The van der Waals surface area contributed by atoms with Crippen molar-refractivity contribution in [1.82, 2.24) is 0 Å². The summed E-state index contributed by atoms with van der Waals surface area (Å²) in [6, 6.07) is 13.9. The molecule has 2 N–H and O–H groups in total. The van der Waals surface area contributed by atoms with Crippen LogP contribution in [-0.2, 0) is 10.0 Å². The molecule has 0 saturated heterocycles. The number of sulfonamides is 1. The summed E-state index contributed by atoms with van der Waals surface area (Å²) < 4.78 is 26.2. The van der Waals surface area contributed by atoms with E-state index in [2.05, 4.69) is 10.0 Å². The summed E-state index contributed by atoms with van der Waals surface area (Å²) in [6.45, 7) is 1.80. The van der Waals surface area contributed by atoms with Crippen LogP contribution in [0.3, 0.4) is 0 Å². The molecule has 1 amide bonds. The van der Waals surface area contributed by atoms with Crippen LogP contribution >= 0.6 is 0 Å². The number of amides is 1. The molecule has 7 heteroatoms. The SMILES string of the molecule is CCCS(=O)(=O)Nc1cccc(C(=O)Nc2ccc(N(C)C)cc2)c1. The Labute approximate surface area is 148 Å². The van der Waals surface area contributed by atoms with Gasteiger partial charge >= 0.3 is 0 Å². The molecule has 0 fully saturated rings. The summed E-state index contributed by atoms with van der Waals surface area (Å²) >= 11 is 0. The molecule has 0 bridgehead atoms. The van der Waals surface area contributed by atoms with Gasteiger partial charge in [-0.3, -0.25) is 9.52 Å². The van der Waals surface area contributed by atoms with Gasteiger partial charge in [0.05, 0.1) is 5.75 Å². The van der Waals surface area contributed by atoms with E-state index in [1.54, 1.807) is 25.1 Å². The highest BCUT2D eigenvalue weighted by Gasteiger charge is 2.11. The molecule has 0 aliphatic rings. The number of carbonyl (C=O) groups is 1. The number of carbonyl (C=O) groups excluding carboxylic acids is 1. The van der Waals surface area contributed by atoms with Crippen molar-refractivity contribution in [2.45, 2.75) is 13.3 Å². The number of nitrogens with one attached hydrogen (secondary N) is 2. The fourth-order valence-corrected chi connectivity index (χ4v) is 3.40. The van der Waals surface area contributed by atoms with Crippen molar-refractivity contribution < 1.29 is 13.2 Å². The van der Waals surface area contributed by atoms with E-state index in [9.17, 15) is 13.2 Å². The molecule has 6 nitrogen and oxygen atoms in total. The van der Waals surface area contributed by atoms with Crippen molar-refractivity contribution in [3.63, 3.8) is 0 Å². The van der Waals surface area contributed by atoms with E-state index >= 15 is 0 Å². The lowest BCUT2D eigenvalue weighted by molar-refractivity contribution is 0.102. The molecule has 25 heavy (non-hydrogen) atoms. The zero-order valence-corrected chi connectivity index (χ0v) is 15.4. The molecule has 0 unspecified atom stereocenters. The van der Waals surface area contributed by atoms with Crippen molar-refractivity contribution in [2.24, 2.45) is 0 Å². The first-order valence-corrected chi connectivity index (χ1v) is 9.65. The molecule has 0 radical (unpaired) electrons. The number of hydrogen-bond donors (Lipinski definition) is 2. The van der Waals surface area contributed by atoms with Gasteiger partial charge in [0.2, 0.25) is 10.0 Å². The van der Waals surface area contributed by atoms with Gasteiger partial charge in [-0.2, -0.15) is 0 Å². The molecular weight excluding hydrogens is 338 g/mol. The molecule has 2 rings (SSSR count). The number of benzene rings is 2. The van der Waals surface area contributed by atoms with Crippen LogP contribution in [0.5, 0.6) is 0 Å². The highest BCUT2D eigenvalue weighted by Crippen LogP contribution is 2.18. The zero-order valence-electron chi connectivity index (χ0n) is 14.6. The maximum Gasteiger partial charge on any atom is 0.255 e. The van der Waals surface area contributed by atoms with E-state index < -0.39 is 10.0 Å². The number of hydrogen-bond acceptors (Lipinski definition) is 4. The quantitative estimate of drug-likeness (QED) is 0.794. The zero-order chi connectivity index (χ0) is 18.4. The Bertz CT molecular complexity index is 831. The minimum atomic E-state index is -3.39. The topological polar surface area (TPSA) is 78.5 Å². The van der Waals surface area contributed by atoms with Crippen LogP contribution in [0.25, 0.3) is 0 Å². The van der Waals surface area contributed by atoms with Gasteiger partial charge in [-0.15, -0.1) is 0 Å². The lowest BCUT2D eigenvalue weighted by Gasteiger charge is -2.13. The first kappa shape index (κ1) is 18.8. The van der Waals surface area contributed by atoms with E-state index in [-0.39, 0.29) is 11.7 Å². The third-order valence-electron chi connectivity index (χ3n) is 3.51. The number of nitrogens with zero attached hydrogens (tertiary/aromatic N) is 1. The molecule has 2 aromatic carbocycles. The Morgan fingerprint density at radius 1 is 1.04 bits per heavy atom. The molecule has 0 spiro atoms. The lowest BCUT2D eigenvalue weighted by Crippen LogP contribution is -2.17. The summed E-state index contributed by atoms with van der Waals surface area (Å²) in [5.74, 6) is -0.254. The summed E-state index contributed by atoms with van der Waals surface area (Å²) in [5, 5.41) is 2.80. The Balaban J connectivity index is 2.10. The average Bonchev–Trinajstić information content (AvgIpc) is 2.55. The van der Waals surface area contributed by atoms with Gasteiger partial charge in [0.15, 0.2) is 0 Å². The number of rotatable bonds is 7. The second-order valence-corrected chi connectivity index (χ2v) is 7.74. The monoisotopic (exact) mass is 361 g/mol. The molecule has 0 aromatic heterocycles. The molecule has 0 aliphatic heterocycles. The molecule has 0 saturated carbocycles. The van der Waals surface area contributed by atoms with E-state index in [1.165, 1.54) is 6.07 Å². The van der Waals surface area contributed by atoms with E-state index in [4.69, 9.17) is 0 Å². The molecule has 0 heterocycles. The van der Waals surface area contributed by atoms with Crippen LogP contribution in [-0.4, -0.2) is 34.2 Å². The minimum Gasteiger partial charge on any atom is -0.378 e. The standard InChI is InChI=1S/C18H23N3O3S/c1-4-12-25(23,24)20-16-7-5-6-14(13-16)18(22)19-15-8-10-17(11-9-15)21(2)3/h5-11,13,20H,4,12H2,1-3H3,(H,19,22). The summed E-state index contributed by atoms with van der Waals surface area (Å²) in [5.41, 5.74) is 2.47. The van der Waals surface area contributed by atoms with Gasteiger partial charge < -0.3 is 10.2 Å². The van der Waals surface area contributed by atoms with Crippen molar-refractivity contribution in [3.8, 4) is 0 Å². The molecular formula is C18H23N3O3S. The first-order valence-electron chi connectivity index (χ1n) is 8.00. The van der Waals surface area contributed by atoms with E-state index in [0.717, 1.165) is 5.69 Å². The predicted molar refractivity (Wildman–Crippen MR) is 103 cm³/mol. The third kappa shape index (κ3) is 5.49. The summed E-state index contributed by atoms with van der Waals surface area (Å²) in [6.07, 6.45) is 0.526. The first-order chi connectivity index (χ1) is 11.8. The van der Waals surface area contributed by atoms with Crippen LogP contribution in [0.4, 0.5) is 17.1 Å².